The molecule has 5 rings (SSSR count). The minimum Gasteiger partial charge on any atom is -0.496 e. The highest BCUT2D eigenvalue weighted by atomic mass is 16.5. The van der Waals surface area contributed by atoms with Gasteiger partial charge in [-0.2, -0.15) is 0 Å². The molecule has 8 heteroatoms. The van der Waals surface area contributed by atoms with E-state index in [4.69, 9.17) is 4.74 Å². The molecule has 38 heavy (non-hydrogen) atoms. The number of ether oxygens (including phenoxy) is 1. The molecule has 1 spiro atoms. The predicted molar refractivity (Wildman–Crippen MR) is 146 cm³/mol. The zero-order chi connectivity index (χ0) is 26.5. The van der Waals surface area contributed by atoms with E-state index in [9.17, 15) is 14.4 Å². The van der Waals surface area contributed by atoms with Crippen molar-refractivity contribution in [2.45, 2.75) is 50.5 Å². The summed E-state index contributed by atoms with van der Waals surface area (Å²) < 4.78 is 5.40. The Morgan fingerprint density at radius 3 is 2.37 bits per heavy atom. The van der Waals surface area contributed by atoms with Gasteiger partial charge in [-0.25, -0.2) is 0 Å². The molecule has 8 nitrogen and oxygen atoms in total. The highest BCUT2D eigenvalue weighted by Crippen LogP contribution is 2.40. The van der Waals surface area contributed by atoms with Crippen molar-refractivity contribution in [3.05, 3.63) is 60.2 Å². The summed E-state index contributed by atoms with van der Waals surface area (Å²) in [5, 5.41) is 3.08. The molecule has 0 radical (unpaired) electrons. The van der Waals surface area contributed by atoms with Crippen molar-refractivity contribution in [3.63, 3.8) is 0 Å². The smallest absolute Gasteiger partial charge is 0.257 e. The molecule has 0 unspecified atom stereocenters. The predicted octanol–water partition coefficient (Wildman–Crippen LogP) is 3.67. The van der Waals surface area contributed by atoms with Crippen molar-refractivity contribution in [1.82, 2.24) is 15.1 Å². The average molecular weight is 519 g/mol. The Bertz CT molecular complexity index is 1140. The summed E-state index contributed by atoms with van der Waals surface area (Å²) in [6, 6.07) is 17.1. The molecule has 2 aromatic carbocycles. The number of nitrogens with one attached hydrogen (secondary N) is 1. The van der Waals surface area contributed by atoms with E-state index >= 15 is 0 Å². The van der Waals surface area contributed by atoms with Crippen LogP contribution in [0, 0.1) is 5.92 Å². The SMILES string of the molecule is COc1ccccc1C(=O)N1CCC2(CC1)C(=O)N(CC(=O)NCC1CCCCC1)CN2c1ccccc1. The van der Waals surface area contributed by atoms with Crippen molar-refractivity contribution in [3.8, 4) is 5.75 Å². The standard InChI is InChI=1S/C30H38N4O4/c1-38-26-15-9-8-14-25(26)28(36)32-18-16-30(17-19-32)29(37)33(22-34(30)24-12-6-3-7-13-24)21-27(35)31-20-23-10-4-2-5-11-23/h3,6-9,12-15,23H,2,4-5,10-11,16-22H2,1H3,(H,31,35). The molecule has 3 fully saturated rings. The van der Waals surface area contributed by atoms with E-state index in [-0.39, 0.29) is 24.3 Å². The van der Waals surface area contributed by atoms with E-state index < -0.39 is 5.54 Å². The van der Waals surface area contributed by atoms with E-state index in [0.29, 0.717) is 56.4 Å². The summed E-state index contributed by atoms with van der Waals surface area (Å²) in [5.74, 6) is 0.870. The second-order valence-corrected chi connectivity index (χ2v) is 10.7. The van der Waals surface area contributed by atoms with Gasteiger partial charge in [0.15, 0.2) is 0 Å². The van der Waals surface area contributed by atoms with Gasteiger partial charge in [0.05, 0.1) is 19.3 Å². The number of benzene rings is 2. The highest BCUT2D eigenvalue weighted by molar-refractivity contribution is 5.99. The molecule has 0 atom stereocenters. The van der Waals surface area contributed by atoms with Crippen LogP contribution in [-0.4, -0.2) is 73.0 Å². The van der Waals surface area contributed by atoms with Gasteiger partial charge in [-0.15, -0.1) is 0 Å². The van der Waals surface area contributed by atoms with Crippen LogP contribution < -0.4 is 15.0 Å². The molecule has 202 valence electrons. The third kappa shape index (κ3) is 5.22. The van der Waals surface area contributed by atoms with Crippen LogP contribution in [0.25, 0.3) is 0 Å². The maximum atomic E-state index is 13.9. The zero-order valence-corrected chi connectivity index (χ0v) is 22.2. The number of rotatable bonds is 7. The van der Waals surface area contributed by atoms with Gasteiger partial charge in [-0.1, -0.05) is 49.6 Å². The largest absolute Gasteiger partial charge is 0.496 e. The van der Waals surface area contributed by atoms with Gasteiger partial charge < -0.3 is 24.8 Å². The van der Waals surface area contributed by atoms with Gasteiger partial charge in [0.2, 0.25) is 5.91 Å². The summed E-state index contributed by atoms with van der Waals surface area (Å²) in [6.07, 6.45) is 7.08. The molecular formula is C30H38N4O4. The summed E-state index contributed by atoms with van der Waals surface area (Å²) in [4.78, 5) is 45.7. The van der Waals surface area contributed by atoms with Crippen LogP contribution in [0.5, 0.6) is 5.75 Å². The lowest BCUT2D eigenvalue weighted by Gasteiger charge is -2.43. The first-order chi connectivity index (χ1) is 18.5. The molecule has 3 aliphatic rings. The van der Waals surface area contributed by atoms with Crippen LogP contribution in [0.4, 0.5) is 5.69 Å². The number of carbonyl (C=O) groups excluding carboxylic acids is 3. The molecule has 1 aliphatic carbocycles. The molecule has 2 saturated heterocycles. The number of hydrogen-bond donors (Lipinski definition) is 1. The fourth-order valence-electron chi connectivity index (χ4n) is 6.27. The average Bonchev–Trinajstić information content (AvgIpc) is 3.23. The number of anilines is 1. The Morgan fingerprint density at radius 1 is 0.974 bits per heavy atom. The summed E-state index contributed by atoms with van der Waals surface area (Å²) >= 11 is 0. The number of para-hydroxylation sites is 2. The Kier molecular flexibility index (Phi) is 7.86. The fraction of sp³-hybridized carbons (Fsp3) is 0.500. The van der Waals surface area contributed by atoms with Gasteiger partial charge in [-0.05, 0) is 55.9 Å². The molecule has 1 N–H and O–H groups in total. The lowest BCUT2D eigenvalue weighted by Crippen LogP contribution is -2.57. The number of methoxy groups -OCH3 is 1. The third-order valence-electron chi connectivity index (χ3n) is 8.44. The molecule has 2 heterocycles. The fourth-order valence-corrected chi connectivity index (χ4v) is 6.27. The highest BCUT2D eigenvalue weighted by Gasteiger charge is 2.54. The molecule has 0 aromatic heterocycles. The Balaban J connectivity index is 1.29. The minimum atomic E-state index is -0.775. The summed E-state index contributed by atoms with van der Waals surface area (Å²) in [6.45, 7) is 2.01. The maximum absolute atomic E-state index is 13.9. The summed E-state index contributed by atoms with van der Waals surface area (Å²) in [5.41, 5.74) is 0.707. The quantitative estimate of drug-likeness (QED) is 0.605. The number of likely N-dealkylation sites (tertiary alicyclic amines) is 1. The second kappa shape index (κ2) is 11.5. The van der Waals surface area contributed by atoms with Crippen LogP contribution >= 0.6 is 0 Å². The van der Waals surface area contributed by atoms with Crippen LogP contribution in [0.2, 0.25) is 0 Å². The van der Waals surface area contributed by atoms with Gasteiger partial charge in [-0.3, -0.25) is 14.4 Å². The molecule has 1 saturated carbocycles. The minimum absolute atomic E-state index is 0.0291. The molecule has 2 aromatic rings. The van der Waals surface area contributed by atoms with Crippen LogP contribution in [0.3, 0.4) is 0 Å². The number of amides is 3. The number of piperidine rings is 1. The van der Waals surface area contributed by atoms with E-state index in [1.165, 1.54) is 19.3 Å². The topological polar surface area (TPSA) is 82.2 Å². The van der Waals surface area contributed by atoms with Gasteiger partial charge in [0.25, 0.3) is 11.8 Å². The first-order valence-corrected chi connectivity index (χ1v) is 13.8. The number of hydrogen-bond acceptors (Lipinski definition) is 5. The molecular weight excluding hydrogens is 480 g/mol. The first-order valence-electron chi connectivity index (χ1n) is 13.8. The van der Waals surface area contributed by atoms with Crippen LogP contribution in [0.15, 0.2) is 54.6 Å². The maximum Gasteiger partial charge on any atom is 0.257 e. The lowest BCUT2D eigenvalue weighted by atomic mass is 9.85. The van der Waals surface area contributed by atoms with Crippen molar-refractivity contribution in [2.75, 3.05) is 44.9 Å². The van der Waals surface area contributed by atoms with Gasteiger partial charge in [0, 0.05) is 25.3 Å². The van der Waals surface area contributed by atoms with Crippen LogP contribution in [0.1, 0.15) is 55.3 Å². The van der Waals surface area contributed by atoms with E-state index in [1.54, 1.807) is 29.0 Å². The zero-order valence-electron chi connectivity index (χ0n) is 22.2. The summed E-state index contributed by atoms with van der Waals surface area (Å²) in [7, 11) is 1.56. The first kappa shape index (κ1) is 26.1. The number of carbonyl (C=O) groups is 3. The van der Waals surface area contributed by atoms with Crippen molar-refractivity contribution in [2.24, 2.45) is 5.92 Å². The van der Waals surface area contributed by atoms with Crippen molar-refractivity contribution >= 4 is 23.4 Å². The molecule has 3 amide bonds. The van der Waals surface area contributed by atoms with Crippen molar-refractivity contribution in [1.29, 1.82) is 0 Å². The van der Waals surface area contributed by atoms with Gasteiger partial charge in [0.1, 0.15) is 17.8 Å². The third-order valence-corrected chi connectivity index (χ3v) is 8.44. The molecule has 0 bridgehead atoms. The Labute approximate surface area is 224 Å². The number of nitrogens with zero attached hydrogens (tertiary/aromatic N) is 3. The van der Waals surface area contributed by atoms with E-state index in [1.807, 2.05) is 42.5 Å². The Morgan fingerprint density at radius 2 is 1.66 bits per heavy atom. The van der Waals surface area contributed by atoms with Gasteiger partial charge >= 0.3 is 0 Å². The normalized spacial score (nSPS) is 19.6. The lowest BCUT2D eigenvalue weighted by molar-refractivity contribution is -0.137. The van der Waals surface area contributed by atoms with E-state index in [0.717, 1.165) is 18.5 Å². The van der Waals surface area contributed by atoms with E-state index in [2.05, 4.69) is 10.2 Å². The van der Waals surface area contributed by atoms with Crippen LogP contribution in [-0.2, 0) is 9.59 Å². The van der Waals surface area contributed by atoms with Crippen molar-refractivity contribution < 1.29 is 19.1 Å². The monoisotopic (exact) mass is 518 g/mol. The second-order valence-electron chi connectivity index (χ2n) is 10.7. The Hall–Kier alpha value is -3.55. The molecule has 2 aliphatic heterocycles.